The Balaban J connectivity index is 1.74. The molecule has 2 aromatic carbocycles. The number of morpholine rings is 1. The van der Waals surface area contributed by atoms with Crippen LogP contribution in [0.1, 0.15) is 43.0 Å². The maximum absolute atomic E-state index is 13.6. The zero-order valence-corrected chi connectivity index (χ0v) is 25.1. The number of nitrogens with zero attached hydrogens (tertiary/aromatic N) is 2. The highest BCUT2D eigenvalue weighted by Gasteiger charge is 2.46. The van der Waals surface area contributed by atoms with E-state index in [1.807, 2.05) is 13.0 Å². The minimum absolute atomic E-state index is 0.0420. The van der Waals surface area contributed by atoms with E-state index in [1.165, 1.54) is 0 Å². The highest BCUT2D eigenvalue weighted by atomic mass is 16.5. The number of carbonyl (C=O) groups is 2. The normalized spacial score (nSPS) is 18.9. The number of carbonyl (C=O) groups excluding carboxylic acids is 2. The second-order valence-corrected chi connectivity index (χ2v) is 11.0. The van der Waals surface area contributed by atoms with Crippen LogP contribution in [0.15, 0.2) is 54.6 Å². The second kappa shape index (κ2) is 14.4. The van der Waals surface area contributed by atoms with E-state index in [0.29, 0.717) is 79.4 Å². The number of Topliss-reactive ketones (excluding diaryl/α,β-unsaturated/α-hetero) is 1. The van der Waals surface area contributed by atoms with Crippen molar-refractivity contribution in [2.24, 2.45) is 5.92 Å². The summed E-state index contributed by atoms with van der Waals surface area (Å²) < 4.78 is 22.7. The minimum Gasteiger partial charge on any atom is -0.507 e. The van der Waals surface area contributed by atoms with Gasteiger partial charge in [0.15, 0.2) is 11.5 Å². The molecule has 1 unspecified atom stereocenters. The van der Waals surface area contributed by atoms with Crippen molar-refractivity contribution in [2.75, 3.05) is 59.7 Å². The average molecular weight is 579 g/mol. The maximum Gasteiger partial charge on any atom is 0.295 e. The number of aliphatic hydroxyl groups excluding tert-OH is 1. The lowest BCUT2D eigenvalue weighted by atomic mass is 9.93. The summed E-state index contributed by atoms with van der Waals surface area (Å²) in [7, 11) is 1.56. The van der Waals surface area contributed by atoms with Gasteiger partial charge in [0.25, 0.3) is 11.7 Å². The Kier molecular flexibility index (Phi) is 10.7. The molecule has 2 heterocycles. The Hall–Kier alpha value is -3.82. The summed E-state index contributed by atoms with van der Waals surface area (Å²) in [5, 5.41) is 11.6. The molecule has 9 nitrogen and oxygen atoms in total. The fourth-order valence-corrected chi connectivity index (χ4v) is 5.20. The Morgan fingerprint density at radius 2 is 1.86 bits per heavy atom. The van der Waals surface area contributed by atoms with Gasteiger partial charge in [0.05, 0.1) is 38.5 Å². The molecule has 2 aliphatic rings. The molecule has 0 aliphatic carbocycles. The summed E-state index contributed by atoms with van der Waals surface area (Å²) in [5.41, 5.74) is 1.85. The van der Waals surface area contributed by atoms with Gasteiger partial charge in [-0.2, -0.15) is 0 Å². The first kappa shape index (κ1) is 31.1. The number of methoxy groups -OCH3 is 1. The predicted octanol–water partition coefficient (Wildman–Crippen LogP) is 4.75. The lowest BCUT2D eigenvalue weighted by molar-refractivity contribution is -0.140. The fraction of sp³-hybridized carbons (Fsp3) is 0.455. The van der Waals surface area contributed by atoms with Gasteiger partial charge in [-0.05, 0) is 60.7 Å². The number of hydrogen-bond acceptors (Lipinski definition) is 8. The predicted molar refractivity (Wildman–Crippen MR) is 161 cm³/mol. The maximum atomic E-state index is 13.6. The lowest BCUT2D eigenvalue weighted by Gasteiger charge is -2.31. The number of likely N-dealkylation sites (tertiary alicyclic amines) is 1. The molecule has 42 heavy (non-hydrogen) atoms. The highest BCUT2D eigenvalue weighted by Crippen LogP contribution is 2.42. The first-order chi connectivity index (χ1) is 20.2. The van der Waals surface area contributed by atoms with Crippen molar-refractivity contribution in [1.29, 1.82) is 0 Å². The molecule has 2 aliphatic heterocycles. The molecule has 9 heteroatoms. The monoisotopic (exact) mass is 578 g/mol. The van der Waals surface area contributed by atoms with Crippen LogP contribution in [0.3, 0.4) is 0 Å². The van der Waals surface area contributed by atoms with E-state index in [1.54, 1.807) is 48.4 Å². The summed E-state index contributed by atoms with van der Waals surface area (Å²) >= 11 is 0. The number of amides is 1. The van der Waals surface area contributed by atoms with E-state index in [9.17, 15) is 14.7 Å². The third-order valence-corrected chi connectivity index (χ3v) is 7.58. The van der Waals surface area contributed by atoms with Crippen molar-refractivity contribution in [2.45, 2.75) is 33.2 Å². The molecule has 0 saturated carbocycles. The van der Waals surface area contributed by atoms with Crippen molar-refractivity contribution in [1.82, 2.24) is 9.80 Å². The second-order valence-electron chi connectivity index (χ2n) is 11.0. The van der Waals surface area contributed by atoms with Crippen molar-refractivity contribution < 1.29 is 33.6 Å². The van der Waals surface area contributed by atoms with E-state index < -0.39 is 17.7 Å². The van der Waals surface area contributed by atoms with Crippen LogP contribution in [0.5, 0.6) is 17.2 Å². The molecular formula is C33H42N2O7. The quantitative estimate of drug-likeness (QED) is 0.158. The molecule has 226 valence electrons. The summed E-state index contributed by atoms with van der Waals surface area (Å²) in [6, 6.07) is 9.82. The van der Waals surface area contributed by atoms with Gasteiger partial charge in [0.1, 0.15) is 18.1 Å². The van der Waals surface area contributed by atoms with Crippen LogP contribution in [0, 0.1) is 12.8 Å². The molecule has 0 radical (unpaired) electrons. The molecule has 0 bridgehead atoms. The Labute approximate surface area is 248 Å². The molecule has 0 spiro atoms. The van der Waals surface area contributed by atoms with Crippen molar-refractivity contribution in [3.05, 3.63) is 71.3 Å². The van der Waals surface area contributed by atoms with Crippen LogP contribution in [-0.4, -0.2) is 86.3 Å². The van der Waals surface area contributed by atoms with E-state index in [0.717, 1.165) is 19.5 Å². The number of ketones is 1. The van der Waals surface area contributed by atoms with Gasteiger partial charge in [-0.3, -0.25) is 14.5 Å². The van der Waals surface area contributed by atoms with Crippen molar-refractivity contribution >= 4 is 17.4 Å². The van der Waals surface area contributed by atoms with Gasteiger partial charge >= 0.3 is 0 Å². The van der Waals surface area contributed by atoms with Crippen LogP contribution in [0.4, 0.5) is 0 Å². The highest BCUT2D eigenvalue weighted by molar-refractivity contribution is 6.46. The first-order valence-electron chi connectivity index (χ1n) is 14.5. The Bertz CT molecular complexity index is 1310. The Morgan fingerprint density at radius 3 is 2.52 bits per heavy atom. The Morgan fingerprint density at radius 1 is 1.10 bits per heavy atom. The number of aryl methyl sites for hydroxylation is 1. The van der Waals surface area contributed by atoms with Crippen molar-refractivity contribution in [3.8, 4) is 17.2 Å². The van der Waals surface area contributed by atoms with E-state index in [2.05, 4.69) is 25.3 Å². The third-order valence-electron chi connectivity index (χ3n) is 7.58. The smallest absolute Gasteiger partial charge is 0.295 e. The van der Waals surface area contributed by atoms with Crippen LogP contribution >= 0.6 is 0 Å². The van der Waals surface area contributed by atoms with E-state index in [4.69, 9.17) is 18.9 Å². The zero-order chi connectivity index (χ0) is 30.2. The molecule has 2 fully saturated rings. The SMILES string of the molecule is C=CCOc1ccc(/C(O)=C2\C(=O)C(=O)N(CCN3CCOCC3)C2c2ccc(OCCC(C)C)c(OC)c2)c(C)c1. The van der Waals surface area contributed by atoms with Crippen LogP contribution in [0.2, 0.25) is 0 Å². The number of rotatable bonds is 13. The molecule has 2 aromatic rings. The molecule has 1 N–H and O–H groups in total. The summed E-state index contributed by atoms with van der Waals surface area (Å²) in [6.07, 6.45) is 2.54. The van der Waals surface area contributed by atoms with Gasteiger partial charge < -0.3 is 29.0 Å². The standard InChI is InChI=1S/C33H42N2O7/c1-6-16-41-25-8-9-26(23(4)20-25)31(36)29-30(24-7-10-27(28(21-24)39-5)42-17-11-22(2)3)35(33(38)32(29)37)13-12-34-14-18-40-19-15-34/h6-10,20-22,30,36H,1,11-19H2,2-5H3/b31-29+. The molecule has 2 saturated heterocycles. The number of aliphatic hydroxyl groups is 1. The number of hydrogen-bond donors (Lipinski definition) is 1. The number of ether oxygens (including phenoxy) is 4. The van der Waals surface area contributed by atoms with Crippen LogP contribution < -0.4 is 14.2 Å². The van der Waals surface area contributed by atoms with E-state index in [-0.39, 0.29) is 11.3 Å². The summed E-state index contributed by atoms with van der Waals surface area (Å²) in [4.78, 5) is 30.8. The van der Waals surface area contributed by atoms with Gasteiger partial charge in [0, 0.05) is 31.7 Å². The average Bonchev–Trinajstić information content (AvgIpc) is 3.24. The fourth-order valence-electron chi connectivity index (χ4n) is 5.20. The minimum atomic E-state index is -0.805. The van der Waals surface area contributed by atoms with Gasteiger partial charge in [-0.25, -0.2) is 0 Å². The molecule has 0 aromatic heterocycles. The van der Waals surface area contributed by atoms with Crippen molar-refractivity contribution in [3.63, 3.8) is 0 Å². The van der Waals surface area contributed by atoms with Gasteiger partial charge in [0.2, 0.25) is 0 Å². The first-order valence-corrected chi connectivity index (χ1v) is 14.5. The van der Waals surface area contributed by atoms with Crippen LogP contribution in [0.25, 0.3) is 5.76 Å². The van der Waals surface area contributed by atoms with E-state index >= 15 is 0 Å². The molecule has 4 rings (SSSR count). The van der Waals surface area contributed by atoms with Crippen LogP contribution in [-0.2, 0) is 14.3 Å². The third kappa shape index (κ3) is 7.14. The topological polar surface area (TPSA) is 97.8 Å². The van der Waals surface area contributed by atoms with Gasteiger partial charge in [-0.1, -0.05) is 32.6 Å². The van der Waals surface area contributed by atoms with Gasteiger partial charge in [-0.15, -0.1) is 0 Å². The summed E-state index contributed by atoms with van der Waals surface area (Å²) in [5.74, 6) is 0.595. The molecular weight excluding hydrogens is 536 g/mol. The zero-order valence-electron chi connectivity index (χ0n) is 25.1. The molecule has 1 amide bonds. The number of benzene rings is 2. The lowest BCUT2D eigenvalue weighted by Crippen LogP contribution is -2.42. The molecule has 1 atom stereocenters. The largest absolute Gasteiger partial charge is 0.507 e. The summed E-state index contributed by atoms with van der Waals surface area (Å²) in [6.45, 7) is 14.3.